The highest BCUT2D eigenvalue weighted by molar-refractivity contribution is 7.11. The van der Waals surface area contributed by atoms with Crippen molar-refractivity contribution in [2.24, 2.45) is 0 Å². The van der Waals surface area contributed by atoms with Crippen molar-refractivity contribution in [1.29, 1.82) is 0 Å². The summed E-state index contributed by atoms with van der Waals surface area (Å²) in [7, 11) is -0.952. The summed E-state index contributed by atoms with van der Waals surface area (Å²) in [4.78, 5) is 0. The summed E-state index contributed by atoms with van der Waals surface area (Å²) in [5.74, 6) is 0. The van der Waals surface area contributed by atoms with E-state index in [1.54, 1.807) is 0 Å². The minimum atomic E-state index is -0.476. The molecule has 2 fully saturated rings. The van der Waals surface area contributed by atoms with Gasteiger partial charge in [-0.1, -0.05) is 0 Å². The monoisotopic (exact) mass is 268 g/mol. The predicted octanol–water partition coefficient (Wildman–Crippen LogP) is 1.77. The fourth-order valence-electron chi connectivity index (χ4n) is 2.00. The summed E-state index contributed by atoms with van der Waals surface area (Å²) < 4.78 is 23.8. The molecule has 19 heavy (non-hydrogen) atoms. The van der Waals surface area contributed by atoms with Crippen LogP contribution in [-0.4, -0.2) is 36.4 Å². The first-order valence-corrected chi connectivity index (χ1v) is 6.59. The molecule has 2 aliphatic heterocycles. The summed E-state index contributed by atoms with van der Waals surface area (Å²) >= 11 is 0. The zero-order valence-electron chi connectivity index (χ0n) is 13.2. The lowest BCUT2D eigenvalue weighted by Gasteiger charge is -2.32. The molecule has 7 heteroatoms. The van der Waals surface area contributed by atoms with Gasteiger partial charge in [0.25, 0.3) is 0 Å². The summed E-state index contributed by atoms with van der Waals surface area (Å²) in [6.07, 6.45) is 0. The Balaban J connectivity index is 0.00000180. The van der Waals surface area contributed by atoms with Gasteiger partial charge in [-0.15, -0.1) is 0 Å². The van der Waals surface area contributed by atoms with E-state index in [0.29, 0.717) is 0 Å². The first-order valence-electron chi connectivity index (χ1n) is 6.59. The normalized spacial score (nSPS) is 30.3. The molecule has 0 atom stereocenters. The zero-order valence-corrected chi connectivity index (χ0v) is 13.2. The molecule has 5 nitrogen and oxygen atoms in total. The van der Waals surface area contributed by atoms with Gasteiger partial charge in [0.05, 0.1) is 22.4 Å². The van der Waals surface area contributed by atoms with Crippen molar-refractivity contribution in [2.45, 2.75) is 77.8 Å². The van der Waals surface area contributed by atoms with Crippen molar-refractivity contribution in [3.8, 4) is 0 Å². The van der Waals surface area contributed by atoms with Crippen LogP contribution in [0.5, 0.6) is 0 Å². The molecule has 0 saturated carbocycles. The predicted molar refractivity (Wildman–Crippen MR) is 74.3 cm³/mol. The van der Waals surface area contributed by atoms with Crippen LogP contribution in [0.3, 0.4) is 0 Å². The fraction of sp³-hybridized carbons (Fsp3) is 1.00. The van der Waals surface area contributed by atoms with Gasteiger partial charge in [-0.3, -0.25) is 0 Å². The Bertz CT molecular complexity index is 292. The fourth-order valence-corrected chi connectivity index (χ4v) is 2.00. The van der Waals surface area contributed by atoms with Crippen molar-refractivity contribution in [2.75, 3.05) is 0 Å². The molecule has 0 aromatic rings. The topological polar surface area (TPSA) is 67.4 Å². The third kappa shape index (κ3) is 2.59. The van der Waals surface area contributed by atoms with Crippen LogP contribution in [0, 0.1) is 0 Å². The number of nitrogens with zero attached hydrogens (tertiary/aromatic N) is 1. The molecule has 107 valence electrons. The minimum Gasteiger partial charge on any atom is -0.405 e. The Morgan fingerprint density at radius 3 is 0.789 bits per heavy atom. The van der Waals surface area contributed by atoms with Gasteiger partial charge >= 0.3 is 14.0 Å². The Morgan fingerprint density at radius 1 is 0.474 bits per heavy atom. The lowest BCUT2D eigenvalue weighted by atomic mass is 9.49. The van der Waals surface area contributed by atoms with Crippen LogP contribution in [0.15, 0.2) is 0 Å². The van der Waals surface area contributed by atoms with E-state index in [2.05, 4.69) is 0 Å². The highest BCUT2D eigenvalue weighted by Crippen LogP contribution is 2.42. The van der Waals surface area contributed by atoms with E-state index in [0.717, 1.165) is 0 Å². The van der Waals surface area contributed by atoms with Crippen LogP contribution >= 0.6 is 0 Å². The average molecular weight is 268 g/mol. The molecule has 0 aromatic heterocycles. The van der Waals surface area contributed by atoms with Crippen molar-refractivity contribution < 1.29 is 18.6 Å². The second-order valence-electron chi connectivity index (χ2n) is 7.25. The van der Waals surface area contributed by atoms with Crippen LogP contribution in [0.2, 0.25) is 0 Å². The van der Waals surface area contributed by atoms with E-state index in [1.807, 2.05) is 55.4 Å². The van der Waals surface area contributed by atoms with Crippen molar-refractivity contribution in [3.05, 3.63) is 0 Å². The second-order valence-corrected chi connectivity index (χ2v) is 7.25. The molecule has 0 amide bonds. The summed E-state index contributed by atoms with van der Waals surface area (Å²) in [6, 6.07) is 0. The molecule has 2 aliphatic rings. The van der Waals surface area contributed by atoms with Gasteiger partial charge in [0.2, 0.25) is 0 Å². The quantitative estimate of drug-likeness (QED) is 0.679. The molecular formula is C12H24B2NO4. The summed E-state index contributed by atoms with van der Waals surface area (Å²) in [5, 5.41) is 0. The largest absolute Gasteiger partial charge is 0.488 e. The molecule has 0 unspecified atom stereocenters. The molecule has 3 radical (unpaired) electrons. The van der Waals surface area contributed by atoms with Crippen LogP contribution in [0.25, 0.3) is 0 Å². The summed E-state index contributed by atoms with van der Waals surface area (Å²) in [6.45, 7) is 16.2. The molecule has 2 rings (SSSR count). The maximum Gasteiger partial charge on any atom is 0.488 e. The molecular weight excluding hydrogens is 244 g/mol. The maximum atomic E-state index is 5.96. The number of hydrogen-bond acceptors (Lipinski definition) is 4. The standard InChI is InChI=1S/C12H24B2O4.N/c1-9(2)10(3,4)16-13(15-9)14-17-11(5,6)12(7,8)18-14;/h1-8H3;. The van der Waals surface area contributed by atoms with Crippen molar-refractivity contribution in [3.63, 3.8) is 0 Å². The van der Waals surface area contributed by atoms with E-state index in [9.17, 15) is 0 Å². The van der Waals surface area contributed by atoms with E-state index >= 15 is 0 Å². The minimum absolute atomic E-state index is 0. The van der Waals surface area contributed by atoms with Gasteiger partial charge < -0.3 is 18.6 Å². The Labute approximate surface area is 117 Å². The van der Waals surface area contributed by atoms with E-state index in [1.165, 1.54) is 0 Å². The van der Waals surface area contributed by atoms with Crippen LogP contribution in [0.1, 0.15) is 55.4 Å². The SMILES string of the molecule is CC1(C)OB(B2OC(C)(C)C(C)(C)O2)OC1(C)C.[N]. The van der Waals surface area contributed by atoms with Gasteiger partial charge in [-0.25, -0.2) is 0 Å². The lowest BCUT2D eigenvalue weighted by molar-refractivity contribution is 0.00578. The zero-order chi connectivity index (χ0) is 14.0. The first-order chi connectivity index (χ1) is 7.88. The number of rotatable bonds is 1. The molecule has 0 aliphatic carbocycles. The van der Waals surface area contributed by atoms with Crippen molar-refractivity contribution >= 4 is 14.0 Å². The maximum absolute atomic E-state index is 5.96. The molecule has 0 N–H and O–H groups in total. The Hall–Kier alpha value is -0.0701. The summed E-state index contributed by atoms with van der Waals surface area (Å²) in [5.41, 5.74) is -1.44. The van der Waals surface area contributed by atoms with E-state index < -0.39 is 14.0 Å². The number of hydrogen-bond donors (Lipinski definition) is 0. The molecule has 0 bridgehead atoms. The van der Waals surface area contributed by atoms with Gasteiger partial charge in [-0.05, 0) is 55.4 Å². The van der Waals surface area contributed by atoms with Crippen LogP contribution < -0.4 is 6.15 Å². The van der Waals surface area contributed by atoms with Gasteiger partial charge in [0.1, 0.15) is 0 Å². The van der Waals surface area contributed by atoms with Crippen LogP contribution in [0.4, 0.5) is 0 Å². The average Bonchev–Trinajstić information content (AvgIpc) is 2.45. The van der Waals surface area contributed by atoms with Crippen LogP contribution in [-0.2, 0) is 18.6 Å². The Kier molecular flexibility index (Phi) is 3.99. The van der Waals surface area contributed by atoms with Gasteiger partial charge in [0.15, 0.2) is 0 Å². The van der Waals surface area contributed by atoms with E-state index in [4.69, 9.17) is 18.6 Å². The van der Waals surface area contributed by atoms with Crippen molar-refractivity contribution in [1.82, 2.24) is 6.15 Å². The third-order valence-electron chi connectivity index (χ3n) is 4.77. The second kappa shape index (κ2) is 4.46. The van der Waals surface area contributed by atoms with E-state index in [-0.39, 0.29) is 28.6 Å². The highest BCUT2D eigenvalue weighted by atomic mass is 16.7. The smallest absolute Gasteiger partial charge is 0.405 e. The molecule has 2 heterocycles. The molecule has 2 saturated heterocycles. The third-order valence-corrected chi connectivity index (χ3v) is 4.77. The highest BCUT2D eigenvalue weighted by Gasteiger charge is 2.63. The van der Waals surface area contributed by atoms with Gasteiger partial charge in [-0.2, -0.15) is 0 Å². The first kappa shape index (κ1) is 17.0. The molecule has 0 spiro atoms. The molecule has 0 aromatic carbocycles. The van der Waals surface area contributed by atoms with Gasteiger partial charge in [0, 0.05) is 6.15 Å². The Morgan fingerprint density at radius 2 is 0.632 bits per heavy atom. The lowest BCUT2D eigenvalue weighted by Crippen LogP contribution is -2.41.